The Morgan fingerprint density at radius 1 is 1.26 bits per heavy atom. The highest BCUT2D eigenvalue weighted by atomic mass is 79.9. The summed E-state index contributed by atoms with van der Waals surface area (Å²) in [5, 5.41) is 8.49. The minimum absolute atomic E-state index is 0.104. The molecule has 0 amide bonds. The van der Waals surface area contributed by atoms with Crippen molar-refractivity contribution in [1.82, 2.24) is 14.6 Å². The third kappa shape index (κ3) is 3.69. The van der Waals surface area contributed by atoms with Gasteiger partial charge in [-0.25, -0.2) is 4.98 Å². The first-order valence-electron chi connectivity index (χ1n) is 8.31. The SMILES string of the molecule is COC1C=CC=CC(Nc2cc(-c3ccccc3Cl)nc3c(Br)cnn23)=C1. The Labute approximate surface area is 170 Å². The van der Waals surface area contributed by atoms with Crippen LogP contribution in [0, 0.1) is 0 Å². The molecular formula is C20H16BrClN4O. The van der Waals surface area contributed by atoms with Gasteiger partial charge < -0.3 is 10.1 Å². The van der Waals surface area contributed by atoms with Crippen LogP contribution in [0.25, 0.3) is 16.9 Å². The van der Waals surface area contributed by atoms with Crippen LogP contribution < -0.4 is 5.32 Å². The Bertz CT molecular complexity index is 1090. The molecule has 0 fully saturated rings. The van der Waals surface area contributed by atoms with E-state index < -0.39 is 0 Å². The second-order valence-electron chi connectivity index (χ2n) is 5.93. The summed E-state index contributed by atoms with van der Waals surface area (Å²) in [6, 6.07) is 9.58. The summed E-state index contributed by atoms with van der Waals surface area (Å²) in [5.41, 5.74) is 3.22. The molecule has 27 heavy (non-hydrogen) atoms. The fourth-order valence-corrected chi connectivity index (χ4v) is 3.41. The number of allylic oxidation sites excluding steroid dienone is 3. The van der Waals surface area contributed by atoms with Crippen molar-refractivity contribution >= 4 is 39.0 Å². The predicted molar refractivity (Wildman–Crippen MR) is 112 cm³/mol. The summed E-state index contributed by atoms with van der Waals surface area (Å²) in [4.78, 5) is 4.72. The summed E-state index contributed by atoms with van der Waals surface area (Å²) in [7, 11) is 1.68. The number of anilines is 1. The number of fused-ring (bicyclic) bond motifs is 1. The first kappa shape index (κ1) is 18.0. The summed E-state index contributed by atoms with van der Waals surface area (Å²) in [5.74, 6) is 0.772. The molecule has 4 rings (SSSR count). The van der Waals surface area contributed by atoms with Crippen molar-refractivity contribution in [3.63, 3.8) is 0 Å². The van der Waals surface area contributed by atoms with E-state index in [0.29, 0.717) is 10.7 Å². The van der Waals surface area contributed by atoms with E-state index in [4.69, 9.17) is 21.3 Å². The molecule has 1 aliphatic rings. The highest BCUT2D eigenvalue weighted by molar-refractivity contribution is 9.10. The summed E-state index contributed by atoms with van der Waals surface area (Å²) in [6.45, 7) is 0. The maximum atomic E-state index is 6.39. The van der Waals surface area contributed by atoms with Gasteiger partial charge in [0.1, 0.15) is 5.82 Å². The number of hydrogen-bond acceptors (Lipinski definition) is 4. The number of ether oxygens (including phenoxy) is 1. The van der Waals surface area contributed by atoms with Gasteiger partial charge in [0.15, 0.2) is 5.65 Å². The van der Waals surface area contributed by atoms with Crippen LogP contribution in [0.5, 0.6) is 0 Å². The van der Waals surface area contributed by atoms with E-state index in [1.54, 1.807) is 17.8 Å². The minimum atomic E-state index is -0.104. The molecule has 0 aliphatic heterocycles. The lowest BCUT2D eigenvalue weighted by Crippen LogP contribution is -2.09. The van der Waals surface area contributed by atoms with Crippen molar-refractivity contribution in [2.75, 3.05) is 12.4 Å². The molecule has 0 bridgehead atoms. The molecule has 1 aliphatic carbocycles. The molecule has 2 aromatic heterocycles. The molecule has 3 aromatic rings. The molecule has 136 valence electrons. The Kier molecular flexibility index (Phi) is 5.11. The van der Waals surface area contributed by atoms with Crippen molar-refractivity contribution in [1.29, 1.82) is 0 Å². The van der Waals surface area contributed by atoms with Gasteiger partial charge in [0.05, 0.1) is 22.5 Å². The quantitative estimate of drug-likeness (QED) is 0.598. The zero-order valence-corrected chi connectivity index (χ0v) is 16.8. The Balaban J connectivity index is 1.83. The molecule has 5 nitrogen and oxygen atoms in total. The van der Waals surface area contributed by atoms with E-state index in [0.717, 1.165) is 27.2 Å². The van der Waals surface area contributed by atoms with Crippen molar-refractivity contribution < 1.29 is 4.74 Å². The highest BCUT2D eigenvalue weighted by Gasteiger charge is 2.14. The van der Waals surface area contributed by atoms with Gasteiger partial charge in [-0.3, -0.25) is 0 Å². The molecular weight excluding hydrogens is 428 g/mol. The van der Waals surface area contributed by atoms with Crippen LogP contribution in [-0.4, -0.2) is 27.8 Å². The maximum Gasteiger partial charge on any atom is 0.172 e. The Hall–Kier alpha value is -2.41. The molecule has 1 aromatic carbocycles. The largest absolute Gasteiger partial charge is 0.373 e. The van der Waals surface area contributed by atoms with Gasteiger partial charge in [-0.1, -0.05) is 48.0 Å². The van der Waals surface area contributed by atoms with Gasteiger partial charge in [0, 0.05) is 29.5 Å². The smallest absolute Gasteiger partial charge is 0.172 e. The standard InChI is InChI=1S/C20H16BrClN4O/c1-27-14-7-3-2-6-13(10-14)24-19-11-18(15-8-4-5-9-17(15)22)25-20-16(21)12-23-26(19)20/h2-12,14,24H,1H3. The Morgan fingerprint density at radius 2 is 2.11 bits per heavy atom. The van der Waals surface area contributed by atoms with Crippen LogP contribution in [0.2, 0.25) is 5.02 Å². The topological polar surface area (TPSA) is 51.5 Å². The van der Waals surface area contributed by atoms with Crippen LogP contribution in [0.4, 0.5) is 5.82 Å². The summed E-state index contributed by atoms with van der Waals surface area (Å²) >= 11 is 9.91. The zero-order valence-electron chi connectivity index (χ0n) is 14.4. The van der Waals surface area contributed by atoms with Gasteiger partial charge in [-0.15, -0.1) is 0 Å². The molecule has 0 saturated heterocycles. The van der Waals surface area contributed by atoms with E-state index in [1.807, 2.05) is 60.7 Å². The van der Waals surface area contributed by atoms with Crippen LogP contribution in [0.15, 0.2) is 77.1 Å². The molecule has 7 heteroatoms. The van der Waals surface area contributed by atoms with E-state index in [2.05, 4.69) is 26.3 Å². The van der Waals surface area contributed by atoms with Crippen LogP contribution in [0.1, 0.15) is 0 Å². The number of methoxy groups -OCH3 is 1. The normalized spacial score (nSPS) is 16.4. The van der Waals surface area contributed by atoms with Gasteiger partial charge in [-0.2, -0.15) is 9.61 Å². The van der Waals surface area contributed by atoms with Crippen molar-refractivity contribution in [3.05, 3.63) is 82.1 Å². The third-order valence-corrected chi connectivity index (χ3v) is 5.04. The monoisotopic (exact) mass is 442 g/mol. The first-order chi connectivity index (χ1) is 13.2. The molecule has 1 atom stereocenters. The third-order valence-electron chi connectivity index (χ3n) is 4.15. The van der Waals surface area contributed by atoms with Crippen molar-refractivity contribution in [2.24, 2.45) is 0 Å². The molecule has 2 heterocycles. The lowest BCUT2D eigenvalue weighted by molar-refractivity contribution is 0.177. The average molecular weight is 444 g/mol. The van der Waals surface area contributed by atoms with Crippen molar-refractivity contribution in [2.45, 2.75) is 6.10 Å². The maximum absolute atomic E-state index is 6.39. The molecule has 1 N–H and O–H groups in total. The fourth-order valence-electron chi connectivity index (χ4n) is 2.83. The average Bonchev–Trinajstić information content (AvgIpc) is 2.90. The minimum Gasteiger partial charge on any atom is -0.373 e. The number of halogens is 2. The lowest BCUT2D eigenvalue weighted by atomic mass is 10.1. The molecule has 0 radical (unpaired) electrons. The number of nitrogens with one attached hydrogen (secondary N) is 1. The van der Waals surface area contributed by atoms with E-state index in [1.165, 1.54) is 0 Å². The van der Waals surface area contributed by atoms with Gasteiger partial charge in [0.25, 0.3) is 0 Å². The van der Waals surface area contributed by atoms with Gasteiger partial charge >= 0.3 is 0 Å². The first-order valence-corrected chi connectivity index (χ1v) is 9.48. The van der Waals surface area contributed by atoms with E-state index in [-0.39, 0.29) is 6.10 Å². The number of aromatic nitrogens is 3. The molecule has 1 unspecified atom stereocenters. The fraction of sp³-hybridized carbons (Fsp3) is 0.100. The second-order valence-corrected chi connectivity index (χ2v) is 7.19. The number of hydrogen-bond donors (Lipinski definition) is 1. The summed E-state index contributed by atoms with van der Waals surface area (Å²) < 4.78 is 7.99. The second kappa shape index (κ2) is 7.68. The van der Waals surface area contributed by atoms with E-state index in [9.17, 15) is 0 Å². The highest BCUT2D eigenvalue weighted by Crippen LogP contribution is 2.30. The van der Waals surface area contributed by atoms with Crippen LogP contribution >= 0.6 is 27.5 Å². The molecule has 0 spiro atoms. The Morgan fingerprint density at radius 3 is 2.93 bits per heavy atom. The van der Waals surface area contributed by atoms with Crippen molar-refractivity contribution in [3.8, 4) is 11.3 Å². The predicted octanol–water partition coefficient (Wildman–Crippen LogP) is 5.25. The molecule has 0 saturated carbocycles. The van der Waals surface area contributed by atoms with Crippen LogP contribution in [0.3, 0.4) is 0 Å². The lowest BCUT2D eigenvalue weighted by Gasteiger charge is -2.13. The number of rotatable bonds is 4. The van der Waals surface area contributed by atoms with E-state index >= 15 is 0 Å². The summed E-state index contributed by atoms with van der Waals surface area (Å²) in [6.07, 6.45) is 11.5. The van der Waals surface area contributed by atoms with Crippen LogP contribution in [-0.2, 0) is 4.74 Å². The van der Waals surface area contributed by atoms with Gasteiger partial charge in [0.2, 0.25) is 0 Å². The van der Waals surface area contributed by atoms with Gasteiger partial charge in [-0.05, 0) is 34.1 Å². The number of nitrogens with zero attached hydrogens (tertiary/aromatic N) is 3. The zero-order chi connectivity index (χ0) is 18.8. The number of benzene rings is 1.